The Labute approximate surface area is 97.8 Å². The zero-order chi connectivity index (χ0) is 12.1. The molecule has 1 aromatic rings. The van der Waals surface area contributed by atoms with Crippen LogP contribution in [0.15, 0.2) is 18.2 Å². The largest absolute Gasteiger partial charge is 0.339 e. The zero-order valence-corrected chi connectivity index (χ0v) is 9.50. The molecule has 16 heavy (non-hydrogen) atoms. The van der Waals surface area contributed by atoms with Crippen LogP contribution in [0.4, 0.5) is 4.39 Å². The lowest BCUT2D eigenvalue weighted by molar-refractivity contribution is -0.137. The summed E-state index contributed by atoms with van der Waals surface area (Å²) in [6, 6.07) is 4.25. The van der Waals surface area contributed by atoms with E-state index >= 15 is 0 Å². The molecule has 0 saturated carbocycles. The molecule has 0 atom stereocenters. The van der Waals surface area contributed by atoms with Crippen LogP contribution in [0.2, 0.25) is 5.02 Å². The number of rotatable bonds is 4. The average molecular weight is 244 g/mol. The van der Waals surface area contributed by atoms with Gasteiger partial charge in [-0.25, -0.2) is 4.39 Å². The fraction of sp³-hybridized carbons (Fsp3) is 0.273. The first-order valence-electron chi connectivity index (χ1n) is 4.69. The highest BCUT2D eigenvalue weighted by molar-refractivity contribution is 6.30. The summed E-state index contributed by atoms with van der Waals surface area (Å²) in [4.78, 5) is 22.3. The Bertz CT molecular complexity index is 409. The maximum Gasteiger partial charge on any atom is 0.286 e. The number of carbonyl (C=O) groups excluding carboxylic acids is 2. The van der Waals surface area contributed by atoms with Crippen LogP contribution >= 0.6 is 11.6 Å². The molecule has 3 nitrogen and oxygen atoms in total. The van der Waals surface area contributed by atoms with Crippen molar-refractivity contribution >= 4 is 23.8 Å². The highest BCUT2D eigenvalue weighted by Gasteiger charge is 2.08. The maximum absolute atomic E-state index is 13.3. The van der Waals surface area contributed by atoms with Crippen LogP contribution < -0.4 is 0 Å². The van der Waals surface area contributed by atoms with Crippen molar-refractivity contribution in [1.29, 1.82) is 0 Å². The van der Waals surface area contributed by atoms with Gasteiger partial charge in [-0.3, -0.25) is 9.59 Å². The standard InChI is InChI=1S/C11H11ClFNO2/c1-14(11(16)7-15)5-4-8-6-9(12)2-3-10(8)13/h2-3,6-7H,4-5H2,1H3. The normalized spacial score (nSPS) is 9.94. The predicted octanol–water partition coefficient (Wildman–Crippen LogP) is 1.68. The lowest BCUT2D eigenvalue weighted by atomic mass is 10.1. The van der Waals surface area contributed by atoms with E-state index in [-0.39, 0.29) is 18.6 Å². The van der Waals surface area contributed by atoms with Crippen molar-refractivity contribution in [3.05, 3.63) is 34.6 Å². The molecule has 1 rings (SSSR count). The Morgan fingerprint density at radius 2 is 2.25 bits per heavy atom. The molecule has 0 aliphatic carbocycles. The summed E-state index contributed by atoms with van der Waals surface area (Å²) in [7, 11) is 1.49. The number of hydrogen-bond donors (Lipinski definition) is 0. The van der Waals surface area contributed by atoms with E-state index in [1.165, 1.54) is 30.1 Å². The van der Waals surface area contributed by atoms with Gasteiger partial charge < -0.3 is 4.90 Å². The van der Waals surface area contributed by atoms with Gasteiger partial charge in [0.1, 0.15) is 5.82 Å². The minimum absolute atomic E-state index is 0.230. The molecule has 0 aromatic heterocycles. The van der Waals surface area contributed by atoms with Crippen molar-refractivity contribution in [3.63, 3.8) is 0 Å². The molecule has 0 aliphatic heterocycles. The van der Waals surface area contributed by atoms with Gasteiger partial charge in [0, 0.05) is 18.6 Å². The van der Waals surface area contributed by atoms with E-state index < -0.39 is 5.91 Å². The number of amides is 1. The SMILES string of the molecule is CN(CCc1cc(Cl)ccc1F)C(=O)C=O. The maximum atomic E-state index is 13.3. The lowest BCUT2D eigenvalue weighted by Crippen LogP contribution is -2.29. The zero-order valence-electron chi connectivity index (χ0n) is 8.74. The molecule has 0 radical (unpaired) electrons. The Morgan fingerprint density at radius 3 is 2.88 bits per heavy atom. The number of aldehydes is 1. The van der Waals surface area contributed by atoms with Gasteiger partial charge in [-0.05, 0) is 30.2 Å². The topological polar surface area (TPSA) is 37.4 Å². The van der Waals surface area contributed by atoms with Gasteiger partial charge in [-0.2, -0.15) is 0 Å². The third-order valence-corrected chi connectivity index (χ3v) is 2.44. The van der Waals surface area contributed by atoms with Crippen LogP contribution in [-0.2, 0) is 16.0 Å². The Balaban J connectivity index is 2.64. The Hall–Kier alpha value is -1.42. The number of carbonyl (C=O) groups is 2. The molecule has 5 heteroatoms. The van der Waals surface area contributed by atoms with Gasteiger partial charge in [0.15, 0.2) is 0 Å². The monoisotopic (exact) mass is 243 g/mol. The highest BCUT2D eigenvalue weighted by Crippen LogP contribution is 2.15. The number of halogens is 2. The smallest absolute Gasteiger partial charge is 0.286 e. The first kappa shape index (κ1) is 12.6. The summed E-state index contributed by atoms with van der Waals surface area (Å²) in [5.74, 6) is -0.987. The Kier molecular flexibility index (Phi) is 4.43. The van der Waals surface area contributed by atoms with Gasteiger partial charge in [-0.15, -0.1) is 0 Å². The summed E-state index contributed by atoms with van der Waals surface area (Å²) in [5, 5.41) is 0.445. The summed E-state index contributed by atoms with van der Waals surface area (Å²) >= 11 is 5.72. The number of likely N-dealkylation sites (N-methyl/N-ethyl adjacent to an activating group) is 1. The van der Waals surface area contributed by atoms with Gasteiger partial charge in [0.2, 0.25) is 6.29 Å². The second kappa shape index (κ2) is 5.61. The average Bonchev–Trinajstić information content (AvgIpc) is 2.28. The molecular weight excluding hydrogens is 233 g/mol. The van der Waals surface area contributed by atoms with Crippen molar-refractivity contribution in [1.82, 2.24) is 4.90 Å². The lowest BCUT2D eigenvalue weighted by Gasteiger charge is -2.13. The molecule has 0 spiro atoms. The van der Waals surface area contributed by atoms with Crippen LogP contribution in [0, 0.1) is 5.82 Å². The van der Waals surface area contributed by atoms with E-state index in [0.717, 1.165) is 0 Å². The quantitative estimate of drug-likeness (QED) is 0.596. The predicted molar refractivity (Wildman–Crippen MR) is 58.8 cm³/mol. The van der Waals surface area contributed by atoms with Gasteiger partial charge in [-0.1, -0.05) is 11.6 Å². The van der Waals surface area contributed by atoms with Crippen molar-refractivity contribution in [2.24, 2.45) is 0 Å². The van der Waals surface area contributed by atoms with E-state index in [4.69, 9.17) is 11.6 Å². The van der Waals surface area contributed by atoms with E-state index in [1.807, 2.05) is 0 Å². The first-order chi connectivity index (χ1) is 7.54. The molecule has 0 aliphatic rings. The molecule has 0 fully saturated rings. The molecule has 1 amide bonds. The van der Waals surface area contributed by atoms with E-state index in [2.05, 4.69) is 0 Å². The van der Waals surface area contributed by atoms with E-state index in [0.29, 0.717) is 17.0 Å². The Morgan fingerprint density at radius 1 is 1.56 bits per heavy atom. The third-order valence-electron chi connectivity index (χ3n) is 2.20. The van der Waals surface area contributed by atoms with Crippen LogP contribution in [0.25, 0.3) is 0 Å². The van der Waals surface area contributed by atoms with Crippen molar-refractivity contribution in [3.8, 4) is 0 Å². The summed E-state index contributed by atoms with van der Waals surface area (Å²) in [6.45, 7) is 0.273. The number of benzene rings is 1. The fourth-order valence-electron chi connectivity index (χ4n) is 1.22. The molecule has 86 valence electrons. The van der Waals surface area contributed by atoms with Crippen LogP contribution in [0.3, 0.4) is 0 Å². The second-order valence-electron chi connectivity index (χ2n) is 3.36. The van der Waals surface area contributed by atoms with Crippen LogP contribution in [0.1, 0.15) is 5.56 Å². The summed E-state index contributed by atoms with van der Waals surface area (Å²) in [5.41, 5.74) is 0.429. The highest BCUT2D eigenvalue weighted by atomic mass is 35.5. The number of hydrogen-bond acceptors (Lipinski definition) is 2. The summed E-state index contributed by atoms with van der Waals surface area (Å²) < 4.78 is 13.3. The van der Waals surface area contributed by atoms with Gasteiger partial charge in [0.05, 0.1) is 0 Å². The minimum Gasteiger partial charge on any atom is -0.339 e. The van der Waals surface area contributed by atoms with Crippen LogP contribution in [0.5, 0.6) is 0 Å². The van der Waals surface area contributed by atoms with Crippen molar-refractivity contribution in [2.75, 3.05) is 13.6 Å². The van der Waals surface area contributed by atoms with E-state index in [1.54, 1.807) is 0 Å². The van der Waals surface area contributed by atoms with Gasteiger partial charge in [0.25, 0.3) is 5.91 Å². The molecule has 0 unspecified atom stereocenters. The van der Waals surface area contributed by atoms with Crippen molar-refractivity contribution in [2.45, 2.75) is 6.42 Å². The third kappa shape index (κ3) is 3.31. The molecular formula is C11H11ClFNO2. The molecule has 1 aromatic carbocycles. The van der Waals surface area contributed by atoms with Crippen LogP contribution in [-0.4, -0.2) is 30.7 Å². The van der Waals surface area contributed by atoms with Gasteiger partial charge >= 0.3 is 0 Å². The molecule has 0 saturated heterocycles. The number of nitrogens with zero attached hydrogens (tertiary/aromatic N) is 1. The van der Waals surface area contributed by atoms with Crippen molar-refractivity contribution < 1.29 is 14.0 Å². The minimum atomic E-state index is -0.623. The molecule has 0 heterocycles. The molecule has 0 bridgehead atoms. The first-order valence-corrected chi connectivity index (χ1v) is 5.06. The second-order valence-corrected chi connectivity index (χ2v) is 3.80. The van der Waals surface area contributed by atoms with E-state index in [9.17, 15) is 14.0 Å². The summed E-state index contributed by atoms with van der Waals surface area (Å²) in [6.07, 6.45) is 0.552. The molecule has 0 N–H and O–H groups in total. The fourth-order valence-corrected chi connectivity index (χ4v) is 1.42.